The number of hydrogen-bond acceptors (Lipinski definition) is 4. The average Bonchev–Trinajstić information content (AvgIpc) is 2.33. The molecule has 1 aromatic carbocycles. The van der Waals surface area contributed by atoms with Gasteiger partial charge in [-0.1, -0.05) is 18.2 Å². The average molecular weight is 256 g/mol. The SMILES string of the molecule is CCOCC1(O)CCS(=O)(=O)c2ccccc21. The van der Waals surface area contributed by atoms with Crippen LogP contribution in [0.4, 0.5) is 0 Å². The lowest BCUT2D eigenvalue weighted by Gasteiger charge is -2.33. The Balaban J connectivity index is 2.48. The van der Waals surface area contributed by atoms with Crippen LogP contribution in [0.25, 0.3) is 0 Å². The Kier molecular flexibility index (Phi) is 3.25. The maximum absolute atomic E-state index is 11.9. The zero-order valence-corrected chi connectivity index (χ0v) is 10.5. The molecule has 1 heterocycles. The molecule has 0 saturated carbocycles. The van der Waals surface area contributed by atoms with Crippen LogP contribution in [0.2, 0.25) is 0 Å². The van der Waals surface area contributed by atoms with Crippen LogP contribution >= 0.6 is 0 Å². The van der Waals surface area contributed by atoms with E-state index in [1.165, 1.54) is 0 Å². The summed E-state index contributed by atoms with van der Waals surface area (Å²) < 4.78 is 29.0. The normalized spacial score (nSPS) is 26.5. The Morgan fingerprint density at radius 2 is 2.12 bits per heavy atom. The Bertz CT molecular complexity index is 509. The van der Waals surface area contributed by atoms with E-state index in [0.29, 0.717) is 12.2 Å². The van der Waals surface area contributed by atoms with Crippen molar-refractivity contribution in [3.8, 4) is 0 Å². The number of benzene rings is 1. The van der Waals surface area contributed by atoms with Crippen molar-refractivity contribution in [2.24, 2.45) is 0 Å². The molecule has 1 N–H and O–H groups in total. The Labute approximate surface area is 101 Å². The first kappa shape index (κ1) is 12.5. The summed E-state index contributed by atoms with van der Waals surface area (Å²) in [5.41, 5.74) is -0.725. The molecule has 2 rings (SSSR count). The second-order valence-electron chi connectivity index (χ2n) is 4.23. The largest absolute Gasteiger partial charge is 0.383 e. The van der Waals surface area contributed by atoms with Gasteiger partial charge in [0.05, 0.1) is 17.3 Å². The maximum atomic E-state index is 11.9. The van der Waals surface area contributed by atoms with Crippen LogP contribution in [0, 0.1) is 0 Å². The van der Waals surface area contributed by atoms with Crippen LogP contribution in [0.15, 0.2) is 29.2 Å². The molecule has 1 aromatic rings. The van der Waals surface area contributed by atoms with Gasteiger partial charge in [0.25, 0.3) is 0 Å². The van der Waals surface area contributed by atoms with E-state index >= 15 is 0 Å². The van der Waals surface area contributed by atoms with Gasteiger partial charge in [-0.15, -0.1) is 0 Å². The van der Waals surface area contributed by atoms with Crippen LogP contribution in [-0.4, -0.2) is 32.5 Å². The summed E-state index contributed by atoms with van der Waals surface area (Å²) in [4.78, 5) is 0.230. The first-order valence-corrected chi connectivity index (χ1v) is 7.27. The van der Waals surface area contributed by atoms with E-state index in [9.17, 15) is 13.5 Å². The fourth-order valence-electron chi connectivity index (χ4n) is 2.09. The predicted molar refractivity (Wildman–Crippen MR) is 63.5 cm³/mol. The molecular weight excluding hydrogens is 240 g/mol. The van der Waals surface area contributed by atoms with Crippen LogP contribution in [0.1, 0.15) is 18.9 Å². The molecule has 0 amide bonds. The van der Waals surface area contributed by atoms with Crippen molar-refractivity contribution in [3.63, 3.8) is 0 Å². The highest BCUT2D eigenvalue weighted by Gasteiger charge is 2.40. The molecule has 0 aliphatic carbocycles. The zero-order valence-electron chi connectivity index (χ0n) is 9.72. The molecule has 5 heteroatoms. The molecule has 0 saturated heterocycles. The van der Waals surface area contributed by atoms with Gasteiger partial charge in [0.2, 0.25) is 0 Å². The number of rotatable bonds is 3. The van der Waals surface area contributed by atoms with Crippen LogP contribution < -0.4 is 0 Å². The molecule has 17 heavy (non-hydrogen) atoms. The number of ether oxygens (including phenoxy) is 1. The van der Waals surface area contributed by atoms with Crippen molar-refractivity contribution in [1.82, 2.24) is 0 Å². The molecular formula is C12H16O4S. The lowest BCUT2D eigenvalue weighted by atomic mass is 9.91. The van der Waals surface area contributed by atoms with E-state index in [4.69, 9.17) is 4.74 Å². The van der Waals surface area contributed by atoms with E-state index in [0.717, 1.165) is 0 Å². The van der Waals surface area contributed by atoms with Crippen LogP contribution in [0.3, 0.4) is 0 Å². The summed E-state index contributed by atoms with van der Waals surface area (Å²) in [6, 6.07) is 6.60. The molecule has 1 aliphatic heterocycles. The van der Waals surface area contributed by atoms with Gasteiger partial charge in [-0.05, 0) is 19.4 Å². The first-order chi connectivity index (χ1) is 7.99. The molecule has 1 unspecified atom stereocenters. The van der Waals surface area contributed by atoms with Gasteiger partial charge in [0.1, 0.15) is 5.60 Å². The van der Waals surface area contributed by atoms with E-state index in [1.54, 1.807) is 24.3 Å². The van der Waals surface area contributed by atoms with Crippen molar-refractivity contribution in [3.05, 3.63) is 29.8 Å². The predicted octanol–water partition coefficient (Wildman–Crippen LogP) is 1.09. The van der Waals surface area contributed by atoms with Gasteiger partial charge >= 0.3 is 0 Å². The molecule has 1 aliphatic rings. The van der Waals surface area contributed by atoms with Gasteiger partial charge in [0.15, 0.2) is 9.84 Å². The number of fused-ring (bicyclic) bond motifs is 1. The summed E-state index contributed by atoms with van der Waals surface area (Å²) in [6.07, 6.45) is 0.187. The van der Waals surface area contributed by atoms with Crippen molar-refractivity contribution in [2.45, 2.75) is 23.8 Å². The summed E-state index contributed by atoms with van der Waals surface area (Å²) in [5, 5.41) is 10.5. The molecule has 0 bridgehead atoms. The minimum atomic E-state index is -3.25. The summed E-state index contributed by atoms with van der Waals surface area (Å²) in [6.45, 7) is 2.47. The highest BCUT2D eigenvalue weighted by atomic mass is 32.2. The Hall–Kier alpha value is -0.910. The molecule has 0 fully saturated rings. The van der Waals surface area contributed by atoms with Gasteiger partial charge in [-0.25, -0.2) is 8.42 Å². The number of aliphatic hydroxyl groups is 1. The third-order valence-corrected chi connectivity index (χ3v) is 4.82. The fourth-order valence-corrected chi connectivity index (χ4v) is 3.80. The van der Waals surface area contributed by atoms with Crippen LogP contribution in [0.5, 0.6) is 0 Å². The fraction of sp³-hybridized carbons (Fsp3) is 0.500. The standard InChI is InChI=1S/C12H16O4S/c1-2-16-9-12(13)7-8-17(14,15)11-6-4-3-5-10(11)12/h3-6,13H,2,7-9H2,1H3. The topological polar surface area (TPSA) is 63.6 Å². The van der Waals surface area contributed by atoms with Gasteiger partial charge in [-0.2, -0.15) is 0 Å². The summed E-state index contributed by atoms with van der Waals surface area (Å²) in [7, 11) is -3.25. The third-order valence-electron chi connectivity index (χ3n) is 3.05. The first-order valence-electron chi connectivity index (χ1n) is 5.62. The lowest BCUT2D eigenvalue weighted by molar-refractivity contribution is -0.0534. The zero-order chi connectivity index (χ0) is 12.5. The van der Waals surface area contributed by atoms with Crippen LogP contribution in [-0.2, 0) is 20.2 Å². The number of hydrogen-bond donors (Lipinski definition) is 1. The summed E-state index contributed by atoms with van der Waals surface area (Å²) >= 11 is 0. The van der Waals surface area contributed by atoms with E-state index in [2.05, 4.69) is 0 Å². The highest BCUT2D eigenvalue weighted by molar-refractivity contribution is 7.91. The Morgan fingerprint density at radius 1 is 1.41 bits per heavy atom. The molecule has 0 spiro atoms. The second kappa shape index (κ2) is 4.40. The highest BCUT2D eigenvalue weighted by Crippen LogP contribution is 2.36. The smallest absolute Gasteiger partial charge is 0.178 e. The van der Waals surface area contributed by atoms with E-state index < -0.39 is 15.4 Å². The Morgan fingerprint density at radius 3 is 2.82 bits per heavy atom. The van der Waals surface area contributed by atoms with Crippen molar-refractivity contribution < 1.29 is 18.3 Å². The minimum Gasteiger partial charge on any atom is -0.383 e. The van der Waals surface area contributed by atoms with Gasteiger partial charge < -0.3 is 9.84 Å². The molecule has 0 aromatic heterocycles. The molecule has 1 atom stereocenters. The molecule has 4 nitrogen and oxygen atoms in total. The van der Waals surface area contributed by atoms with E-state index in [1.807, 2.05) is 6.92 Å². The quantitative estimate of drug-likeness (QED) is 0.879. The molecule has 94 valence electrons. The monoisotopic (exact) mass is 256 g/mol. The van der Waals surface area contributed by atoms with Crippen molar-refractivity contribution in [1.29, 1.82) is 0 Å². The minimum absolute atomic E-state index is 0.0341. The third kappa shape index (κ3) is 2.22. The maximum Gasteiger partial charge on any atom is 0.178 e. The molecule has 0 radical (unpaired) electrons. The van der Waals surface area contributed by atoms with Crippen molar-refractivity contribution in [2.75, 3.05) is 19.0 Å². The van der Waals surface area contributed by atoms with Gasteiger partial charge in [-0.3, -0.25) is 0 Å². The van der Waals surface area contributed by atoms with Gasteiger partial charge in [0, 0.05) is 12.2 Å². The van der Waals surface area contributed by atoms with E-state index in [-0.39, 0.29) is 23.7 Å². The van der Waals surface area contributed by atoms with Crippen molar-refractivity contribution >= 4 is 9.84 Å². The second-order valence-corrected chi connectivity index (χ2v) is 6.31. The number of sulfone groups is 1. The lowest BCUT2D eigenvalue weighted by Crippen LogP contribution is -2.39. The summed E-state index contributed by atoms with van der Waals surface area (Å²) in [5.74, 6) is -0.0341.